The Morgan fingerprint density at radius 2 is 1.82 bits per heavy atom. The molecule has 2 rings (SSSR count). The van der Waals surface area contributed by atoms with Gasteiger partial charge in [-0.25, -0.2) is 4.79 Å². The summed E-state index contributed by atoms with van der Waals surface area (Å²) in [5.74, 6) is 0. The Kier molecular flexibility index (Phi) is 6.23. The highest BCUT2D eigenvalue weighted by molar-refractivity contribution is 6.31. The first-order valence-electron chi connectivity index (χ1n) is 8.19. The monoisotopic (exact) mass is 413 g/mol. The Morgan fingerprint density at radius 1 is 1.14 bits per heavy atom. The molecule has 2 aromatic carbocycles. The summed E-state index contributed by atoms with van der Waals surface area (Å²) in [6.45, 7) is 5.10. The van der Waals surface area contributed by atoms with Gasteiger partial charge in [-0.2, -0.15) is 13.2 Å². The molecule has 9 heteroatoms. The summed E-state index contributed by atoms with van der Waals surface area (Å²) in [6, 6.07) is 9.47. The van der Waals surface area contributed by atoms with Crippen molar-refractivity contribution in [2.75, 3.05) is 5.32 Å². The van der Waals surface area contributed by atoms with Gasteiger partial charge < -0.3 is 15.8 Å². The van der Waals surface area contributed by atoms with E-state index in [9.17, 15) is 18.0 Å². The number of hydrogen-bond donors (Lipinski definition) is 3. The minimum atomic E-state index is -4.63. The minimum Gasteiger partial charge on any atom is -0.411 e. The summed E-state index contributed by atoms with van der Waals surface area (Å²) in [7, 11) is 0. The number of benzene rings is 2. The van der Waals surface area contributed by atoms with Crippen molar-refractivity contribution >= 4 is 29.0 Å². The SMILES string of the molecule is CC(=NO)c1cccc(C(C)(C)NC(=O)Nc2ccc(Cl)c(C(F)(F)F)c2)c1. The molecule has 0 aliphatic carbocycles. The first-order chi connectivity index (χ1) is 12.9. The molecule has 0 atom stereocenters. The van der Waals surface area contributed by atoms with Crippen LogP contribution in [0.2, 0.25) is 5.02 Å². The maximum atomic E-state index is 13.0. The van der Waals surface area contributed by atoms with Gasteiger partial charge in [-0.3, -0.25) is 0 Å². The molecule has 0 saturated carbocycles. The van der Waals surface area contributed by atoms with Gasteiger partial charge >= 0.3 is 12.2 Å². The van der Waals surface area contributed by atoms with E-state index in [1.165, 1.54) is 6.07 Å². The van der Waals surface area contributed by atoms with E-state index in [-0.39, 0.29) is 5.69 Å². The molecule has 0 aromatic heterocycles. The summed E-state index contributed by atoms with van der Waals surface area (Å²) < 4.78 is 38.9. The lowest BCUT2D eigenvalue weighted by molar-refractivity contribution is -0.137. The second-order valence-electron chi connectivity index (χ2n) is 6.66. The van der Waals surface area contributed by atoms with Crippen LogP contribution in [0.5, 0.6) is 0 Å². The minimum absolute atomic E-state index is 0.0398. The third-order valence-electron chi connectivity index (χ3n) is 4.11. The lowest BCUT2D eigenvalue weighted by Crippen LogP contribution is -2.43. The first kappa shape index (κ1) is 21.6. The van der Waals surface area contributed by atoms with Gasteiger partial charge in [-0.05, 0) is 56.2 Å². The van der Waals surface area contributed by atoms with Crippen LogP contribution >= 0.6 is 11.6 Å². The van der Waals surface area contributed by atoms with Crippen LogP contribution in [-0.4, -0.2) is 17.0 Å². The van der Waals surface area contributed by atoms with Crippen LogP contribution in [0.25, 0.3) is 0 Å². The zero-order chi connectivity index (χ0) is 21.1. The van der Waals surface area contributed by atoms with E-state index in [1.54, 1.807) is 45.0 Å². The molecule has 0 fully saturated rings. The van der Waals surface area contributed by atoms with Crippen LogP contribution < -0.4 is 10.6 Å². The van der Waals surface area contributed by atoms with Crippen molar-refractivity contribution < 1.29 is 23.2 Å². The molecule has 0 spiro atoms. The fraction of sp³-hybridized carbons (Fsp3) is 0.263. The van der Waals surface area contributed by atoms with Crippen LogP contribution in [0.4, 0.5) is 23.7 Å². The smallest absolute Gasteiger partial charge is 0.411 e. The Hall–Kier alpha value is -2.74. The fourth-order valence-electron chi connectivity index (χ4n) is 2.53. The fourth-order valence-corrected chi connectivity index (χ4v) is 2.75. The summed E-state index contributed by atoms with van der Waals surface area (Å²) in [4.78, 5) is 12.3. The molecular weight excluding hydrogens is 395 g/mol. The normalized spacial score (nSPS) is 12.6. The number of carbonyl (C=O) groups excluding carboxylic acids is 1. The van der Waals surface area contributed by atoms with Gasteiger partial charge in [0.15, 0.2) is 0 Å². The average Bonchev–Trinajstić information content (AvgIpc) is 2.61. The van der Waals surface area contributed by atoms with Gasteiger partial charge in [-0.1, -0.05) is 35.0 Å². The number of amides is 2. The van der Waals surface area contributed by atoms with Crippen LogP contribution in [-0.2, 0) is 11.7 Å². The van der Waals surface area contributed by atoms with E-state index in [2.05, 4.69) is 15.8 Å². The second kappa shape index (κ2) is 8.10. The van der Waals surface area contributed by atoms with Gasteiger partial charge in [0.25, 0.3) is 0 Å². The predicted molar refractivity (Wildman–Crippen MR) is 102 cm³/mol. The molecule has 3 N–H and O–H groups in total. The van der Waals surface area contributed by atoms with Gasteiger partial charge in [-0.15, -0.1) is 0 Å². The largest absolute Gasteiger partial charge is 0.417 e. The summed E-state index contributed by atoms with van der Waals surface area (Å²) in [5, 5.41) is 16.7. The molecule has 0 aliphatic heterocycles. The molecular formula is C19H19ClF3N3O2. The number of anilines is 1. The van der Waals surface area contributed by atoms with Gasteiger partial charge in [0.05, 0.1) is 21.8 Å². The highest BCUT2D eigenvalue weighted by Crippen LogP contribution is 2.36. The molecule has 2 aromatic rings. The Labute approximate surface area is 165 Å². The number of halogens is 4. The Morgan fingerprint density at radius 3 is 2.43 bits per heavy atom. The van der Waals surface area contributed by atoms with Crippen molar-refractivity contribution in [1.82, 2.24) is 5.32 Å². The van der Waals surface area contributed by atoms with Crippen LogP contribution in [0.1, 0.15) is 37.5 Å². The predicted octanol–water partition coefficient (Wildman–Crippen LogP) is 5.61. The summed E-state index contributed by atoms with van der Waals surface area (Å²) in [6.07, 6.45) is -4.63. The van der Waals surface area contributed by atoms with Crippen LogP contribution in [0.3, 0.4) is 0 Å². The maximum absolute atomic E-state index is 13.0. The van der Waals surface area contributed by atoms with Gasteiger partial charge in [0.2, 0.25) is 0 Å². The lowest BCUT2D eigenvalue weighted by atomic mass is 9.92. The highest BCUT2D eigenvalue weighted by atomic mass is 35.5. The topological polar surface area (TPSA) is 73.7 Å². The molecule has 0 bridgehead atoms. The van der Waals surface area contributed by atoms with E-state index in [4.69, 9.17) is 16.8 Å². The standard InChI is InChI=1S/C19H19ClF3N3O2/c1-11(26-28)12-5-4-6-13(9-12)18(2,3)25-17(27)24-14-7-8-16(20)15(10-14)19(21,22)23/h4-10,28H,1-3H3,(H2,24,25,27). The second-order valence-corrected chi connectivity index (χ2v) is 7.07. The maximum Gasteiger partial charge on any atom is 0.417 e. The molecule has 150 valence electrons. The van der Waals surface area contributed by atoms with E-state index >= 15 is 0 Å². The molecule has 0 saturated heterocycles. The molecule has 0 unspecified atom stereocenters. The summed E-state index contributed by atoms with van der Waals surface area (Å²) in [5.41, 5.74) is -0.129. The number of rotatable bonds is 4. The van der Waals surface area contributed by atoms with E-state index in [0.29, 0.717) is 11.3 Å². The zero-order valence-corrected chi connectivity index (χ0v) is 16.1. The number of nitrogens with one attached hydrogen (secondary N) is 2. The number of urea groups is 1. The van der Waals surface area contributed by atoms with Gasteiger partial charge in [0.1, 0.15) is 0 Å². The Balaban J connectivity index is 2.18. The van der Waals surface area contributed by atoms with Crippen molar-refractivity contribution in [3.63, 3.8) is 0 Å². The van der Waals surface area contributed by atoms with E-state index in [1.807, 2.05) is 0 Å². The number of carbonyl (C=O) groups is 1. The first-order valence-corrected chi connectivity index (χ1v) is 8.57. The number of hydrogen-bond acceptors (Lipinski definition) is 3. The van der Waals surface area contributed by atoms with Crippen LogP contribution in [0, 0.1) is 0 Å². The third kappa shape index (κ3) is 5.16. The quantitative estimate of drug-likeness (QED) is 0.346. The molecule has 0 heterocycles. The van der Waals surface area contributed by atoms with E-state index in [0.717, 1.165) is 17.7 Å². The molecule has 0 aliphatic rings. The van der Waals surface area contributed by atoms with Crippen molar-refractivity contribution in [3.05, 3.63) is 64.2 Å². The van der Waals surface area contributed by atoms with Crippen molar-refractivity contribution in [2.24, 2.45) is 5.16 Å². The third-order valence-corrected chi connectivity index (χ3v) is 4.44. The van der Waals surface area contributed by atoms with Crippen molar-refractivity contribution in [1.29, 1.82) is 0 Å². The van der Waals surface area contributed by atoms with Crippen molar-refractivity contribution in [3.8, 4) is 0 Å². The average molecular weight is 414 g/mol. The molecule has 28 heavy (non-hydrogen) atoms. The Bertz CT molecular complexity index is 912. The summed E-state index contributed by atoms with van der Waals surface area (Å²) >= 11 is 5.58. The molecule has 5 nitrogen and oxygen atoms in total. The van der Waals surface area contributed by atoms with Gasteiger partial charge in [0, 0.05) is 5.69 Å². The van der Waals surface area contributed by atoms with Crippen LogP contribution in [0.15, 0.2) is 47.6 Å². The number of nitrogens with zero attached hydrogens (tertiary/aromatic N) is 1. The van der Waals surface area contributed by atoms with Crippen molar-refractivity contribution in [2.45, 2.75) is 32.5 Å². The highest BCUT2D eigenvalue weighted by Gasteiger charge is 2.33. The number of alkyl halides is 3. The molecule has 0 radical (unpaired) electrons. The lowest BCUT2D eigenvalue weighted by Gasteiger charge is -2.27. The zero-order valence-electron chi connectivity index (χ0n) is 15.4. The molecule has 2 amide bonds. The number of oxime groups is 1. The van der Waals surface area contributed by atoms with E-state index < -0.39 is 28.3 Å².